The fraction of sp³-hybridized carbons (Fsp3) is 0.300. The van der Waals surface area contributed by atoms with E-state index in [4.69, 9.17) is 0 Å². The number of rotatable bonds is 6. The van der Waals surface area contributed by atoms with Gasteiger partial charge >= 0.3 is 5.97 Å². The Labute approximate surface area is 141 Å². The molecule has 3 rings (SSSR count). The number of hydrogen-bond donors (Lipinski definition) is 2. The molecule has 4 heteroatoms. The third-order valence-electron chi connectivity index (χ3n) is 4.65. The van der Waals surface area contributed by atoms with E-state index >= 15 is 0 Å². The van der Waals surface area contributed by atoms with Gasteiger partial charge in [-0.15, -0.1) is 0 Å². The standard InChI is InChI=1S/C20H21NO3/c22-19(18-11-10-15-8-4-5-9-17(15)18)21-13-16(20(23)24)12-14-6-2-1-3-7-14/h1-9,16,18H,10-13H2,(H,21,22)(H,23,24). The monoisotopic (exact) mass is 323 g/mol. The molecule has 0 saturated heterocycles. The molecule has 4 nitrogen and oxygen atoms in total. The number of fused-ring (bicyclic) bond motifs is 1. The largest absolute Gasteiger partial charge is 0.481 e. The van der Waals surface area contributed by atoms with Gasteiger partial charge in [0.25, 0.3) is 0 Å². The maximum Gasteiger partial charge on any atom is 0.308 e. The van der Waals surface area contributed by atoms with Gasteiger partial charge in [-0.1, -0.05) is 54.6 Å². The van der Waals surface area contributed by atoms with Crippen LogP contribution in [0.2, 0.25) is 0 Å². The van der Waals surface area contributed by atoms with Gasteiger partial charge in [0, 0.05) is 6.54 Å². The van der Waals surface area contributed by atoms with Crippen LogP contribution in [0.25, 0.3) is 0 Å². The van der Waals surface area contributed by atoms with Crippen LogP contribution in [0.1, 0.15) is 29.0 Å². The van der Waals surface area contributed by atoms with E-state index in [2.05, 4.69) is 11.4 Å². The maximum absolute atomic E-state index is 12.5. The predicted octanol–water partition coefficient (Wildman–Crippen LogP) is 2.78. The van der Waals surface area contributed by atoms with E-state index in [0.717, 1.165) is 24.0 Å². The molecule has 2 unspecified atom stereocenters. The minimum absolute atomic E-state index is 0.0701. The molecule has 0 saturated carbocycles. The smallest absolute Gasteiger partial charge is 0.308 e. The molecule has 2 N–H and O–H groups in total. The molecule has 1 amide bonds. The van der Waals surface area contributed by atoms with Crippen LogP contribution in [0.5, 0.6) is 0 Å². The summed E-state index contributed by atoms with van der Waals surface area (Å²) in [4.78, 5) is 24.0. The first-order chi connectivity index (χ1) is 11.6. The van der Waals surface area contributed by atoms with Gasteiger partial charge in [-0.3, -0.25) is 9.59 Å². The summed E-state index contributed by atoms with van der Waals surface area (Å²) >= 11 is 0. The van der Waals surface area contributed by atoms with Crippen LogP contribution in [0, 0.1) is 5.92 Å². The van der Waals surface area contributed by atoms with Gasteiger partial charge in [-0.2, -0.15) is 0 Å². The minimum Gasteiger partial charge on any atom is -0.481 e. The molecule has 1 aliphatic rings. The first-order valence-corrected chi connectivity index (χ1v) is 8.27. The summed E-state index contributed by atoms with van der Waals surface area (Å²) in [5.41, 5.74) is 3.26. The molecule has 2 aromatic rings. The van der Waals surface area contributed by atoms with Crippen molar-refractivity contribution in [2.24, 2.45) is 5.92 Å². The van der Waals surface area contributed by atoms with Gasteiger partial charge in [0.1, 0.15) is 0 Å². The summed E-state index contributed by atoms with van der Waals surface area (Å²) in [7, 11) is 0. The fourth-order valence-corrected chi connectivity index (χ4v) is 3.32. The number of carbonyl (C=O) groups is 2. The highest BCUT2D eigenvalue weighted by molar-refractivity contribution is 5.85. The number of amides is 1. The first-order valence-electron chi connectivity index (χ1n) is 8.27. The summed E-state index contributed by atoms with van der Waals surface area (Å²) < 4.78 is 0. The van der Waals surface area contributed by atoms with E-state index in [0.29, 0.717) is 6.42 Å². The van der Waals surface area contributed by atoms with Gasteiger partial charge in [0.15, 0.2) is 0 Å². The summed E-state index contributed by atoms with van der Waals surface area (Å²) in [5.74, 6) is -1.73. The number of hydrogen-bond acceptors (Lipinski definition) is 2. The lowest BCUT2D eigenvalue weighted by Crippen LogP contribution is -2.36. The first kappa shape index (κ1) is 16.2. The lowest BCUT2D eigenvalue weighted by Gasteiger charge is -2.16. The van der Waals surface area contributed by atoms with E-state index in [-0.39, 0.29) is 18.4 Å². The summed E-state index contributed by atoms with van der Waals surface area (Å²) in [5, 5.41) is 12.3. The molecule has 0 radical (unpaired) electrons. The second-order valence-corrected chi connectivity index (χ2v) is 6.26. The zero-order valence-corrected chi connectivity index (χ0v) is 13.4. The molecule has 24 heavy (non-hydrogen) atoms. The van der Waals surface area contributed by atoms with Crippen LogP contribution in [-0.2, 0) is 22.4 Å². The number of carbonyl (C=O) groups excluding carboxylic acids is 1. The number of carboxylic acid groups (broad SMARTS) is 1. The molecule has 0 aromatic heterocycles. The molecule has 0 fully saturated rings. The van der Waals surface area contributed by atoms with Gasteiger partial charge in [0.05, 0.1) is 11.8 Å². The van der Waals surface area contributed by atoms with Crippen LogP contribution in [0.3, 0.4) is 0 Å². The fourth-order valence-electron chi connectivity index (χ4n) is 3.32. The van der Waals surface area contributed by atoms with Gasteiger partial charge in [-0.25, -0.2) is 0 Å². The second-order valence-electron chi connectivity index (χ2n) is 6.26. The van der Waals surface area contributed by atoms with Crippen molar-refractivity contribution >= 4 is 11.9 Å². The van der Waals surface area contributed by atoms with Crippen molar-refractivity contribution in [3.63, 3.8) is 0 Å². The normalized spacial score (nSPS) is 17.1. The Hall–Kier alpha value is -2.62. The summed E-state index contributed by atoms with van der Waals surface area (Å²) in [6.45, 7) is 0.154. The minimum atomic E-state index is -0.883. The number of carboxylic acids is 1. The summed E-state index contributed by atoms with van der Waals surface area (Å²) in [6.07, 6.45) is 2.11. The van der Waals surface area contributed by atoms with Crippen LogP contribution in [0.15, 0.2) is 54.6 Å². The van der Waals surface area contributed by atoms with Crippen molar-refractivity contribution in [3.05, 3.63) is 71.3 Å². The Morgan fingerprint density at radius 2 is 1.79 bits per heavy atom. The molecule has 0 heterocycles. The Morgan fingerprint density at radius 3 is 2.54 bits per heavy atom. The molecular weight excluding hydrogens is 302 g/mol. The Kier molecular flexibility index (Phi) is 4.94. The van der Waals surface area contributed by atoms with Crippen molar-refractivity contribution in [2.45, 2.75) is 25.2 Å². The lowest BCUT2D eigenvalue weighted by molar-refractivity contribution is -0.141. The van der Waals surface area contributed by atoms with Crippen molar-refractivity contribution in [1.29, 1.82) is 0 Å². The molecule has 0 aliphatic heterocycles. The average Bonchev–Trinajstić information content (AvgIpc) is 3.03. The second kappa shape index (κ2) is 7.30. The Morgan fingerprint density at radius 1 is 1.08 bits per heavy atom. The molecule has 0 spiro atoms. The lowest BCUT2D eigenvalue weighted by atomic mass is 9.97. The predicted molar refractivity (Wildman–Crippen MR) is 91.8 cm³/mol. The third-order valence-corrected chi connectivity index (χ3v) is 4.65. The molecule has 2 aromatic carbocycles. The topological polar surface area (TPSA) is 66.4 Å². The molecule has 2 atom stereocenters. The van der Waals surface area contributed by atoms with Gasteiger partial charge < -0.3 is 10.4 Å². The van der Waals surface area contributed by atoms with Crippen molar-refractivity contribution < 1.29 is 14.7 Å². The van der Waals surface area contributed by atoms with E-state index in [1.54, 1.807) is 0 Å². The van der Waals surface area contributed by atoms with Crippen LogP contribution in [-0.4, -0.2) is 23.5 Å². The van der Waals surface area contributed by atoms with E-state index in [1.165, 1.54) is 5.56 Å². The molecular formula is C20H21NO3. The van der Waals surface area contributed by atoms with E-state index in [9.17, 15) is 14.7 Å². The zero-order valence-electron chi connectivity index (χ0n) is 13.4. The number of nitrogens with one attached hydrogen (secondary N) is 1. The SMILES string of the molecule is O=C(O)C(CNC(=O)C1CCc2ccccc21)Cc1ccccc1. The van der Waals surface area contributed by atoms with Crippen molar-refractivity contribution in [3.8, 4) is 0 Å². The quantitative estimate of drug-likeness (QED) is 0.859. The third kappa shape index (κ3) is 3.65. The number of aryl methyl sites for hydroxylation is 1. The van der Waals surface area contributed by atoms with Gasteiger partial charge in [0.2, 0.25) is 5.91 Å². The maximum atomic E-state index is 12.5. The van der Waals surface area contributed by atoms with Gasteiger partial charge in [-0.05, 0) is 36.0 Å². The zero-order chi connectivity index (χ0) is 16.9. The van der Waals surface area contributed by atoms with Crippen molar-refractivity contribution in [1.82, 2.24) is 5.32 Å². The van der Waals surface area contributed by atoms with Crippen LogP contribution in [0.4, 0.5) is 0 Å². The highest BCUT2D eigenvalue weighted by Crippen LogP contribution is 2.32. The highest BCUT2D eigenvalue weighted by atomic mass is 16.4. The molecule has 0 bridgehead atoms. The number of benzene rings is 2. The number of aliphatic carboxylic acids is 1. The average molecular weight is 323 g/mol. The van der Waals surface area contributed by atoms with Crippen molar-refractivity contribution in [2.75, 3.05) is 6.54 Å². The Bertz CT molecular complexity index is 727. The molecule has 1 aliphatic carbocycles. The van der Waals surface area contributed by atoms with E-state index in [1.807, 2.05) is 48.5 Å². The summed E-state index contributed by atoms with van der Waals surface area (Å²) in [6, 6.07) is 17.5. The van der Waals surface area contributed by atoms with E-state index < -0.39 is 11.9 Å². The Balaban J connectivity index is 1.61. The highest BCUT2D eigenvalue weighted by Gasteiger charge is 2.29. The van der Waals surface area contributed by atoms with Crippen LogP contribution < -0.4 is 5.32 Å². The molecule has 124 valence electrons. The van der Waals surface area contributed by atoms with Crippen LogP contribution >= 0.6 is 0 Å².